The Labute approximate surface area is 187 Å². The number of aromatic nitrogens is 3. The number of nitrogens with zero attached hydrogens (tertiary/aromatic N) is 3. The van der Waals surface area contributed by atoms with Crippen LogP contribution in [0.1, 0.15) is 69.2 Å². The van der Waals surface area contributed by atoms with Crippen molar-refractivity contribution >= 4 is 17.3 Å². The van der Waals surface area contributed by atoms with E-state index in [-0.39, 0.29) is 5.82 Å². The molecule has 0 radical (unpaired) electrons. The minimum absolute atomic E-state index is 0.240. The summed E-state index contributed by atoms with van der Waals surface area (Å²) >= 11 is 1.72. The number of nitrogens with one attached hydrogen (secondary N) is 1. The van der Waals surface area contributed by atoms with Crippen LogP contribution in [0.5, 0.6) is 0 Å². The van der Waals surface area contributed by atoms with Crippen molar-refractivity contribution in [1.82, 2.24) is 15.0 Å². The van der Waals surface area contributed by atoms with Gasteiger partial charge in [0.1, 0.15) is 5.82 Å². The molecule has 0 spiro atoms. The Morgan fingerprint density at radius 3 is 2.58 bits per heavy atom. The molecular formula is C25H29FN4S. The molecule has 2 aliphatic carbocycles. The van der Waals surface area contributed by atoms with Crippen molar-refractivity contribution in [3.8, 4) is 21.8 Å². The summed E-state index contributed by atoms with van der Waals surface area (Å²) in [7, 11) is 0. The Balaban J connectivity index is 1.52. The van der Waals surface area contributed by atoms with Crippen LogP contribution < -0.4 is 5.32 Å². The Hall–Kier alpha value is -2.34. The first-order chi connectivity index (χ1) is 15.2. The summed E-state index contributed by atoms with van der Waals surface area (Å²) in [5.74, 6) is 1.72. The van der Waals surface area contributed by atoms with Gasteiger partial charge in [-0.25, -0.2) is 19.3 Å². The van der Waals surface area contributed by atoms with E-state index < -0.39 is 0 Å². The van der Waals surface area contributed by atoms with Gasteiger partial charge in [0.25, 0.3) is 0 Å². The maximum atomic E-state index is 14.0. The molecule has 0 saturated heterocycles. The van der Waals surface area contributed by atoms with E-state index in [4.69, 9.17) is 9.97 Å². The summed E-state index contributed by atoms with van der Waals surface area (Å²) in [5, 5.41) is 4.65. The largest absolute Gasteiger partial charge is 0.351 e. The molecule has 31 heavy (non-hydrogen) atoms. The molecule has 3 aromatic rings. The molecule has 0 aliphatic heterocycles. The summed E-state index contributed by atoms with van der Waals surface area (Å²) in [5.41, 5.74) is 2.51. The highest BCUT2D eigenvalue weighted by Crippen LogP contribution is 2.43. The highest BCUT2D eigenvalue weighted by molar-refractivity contribution is 7.15. The van der Waals surface area contributed by atoms with Gasteiger partial charge in [0.05, 0.1) is 21.3 Å². The van der Waals surface area contributed by atoms with E-state index >= 15 is 0 Å². The van der Waals surface area contributed by atoms with Crippen molar-refractivity contribution in [1.29, 1.82) is 0 Å². The van der Waals surface area contributed by atoms with Gasteiger partial charge in [0, 0.05) is 23.7 Å². The fourth-order valence-electron chi connectivity index (χ4n) is 4.83. The molecule has 4 nitrogen and oxygen atoms in total. The fraction of sp³-hybridized carbons (Fsp3) is 0.480. The van der Waals surface area contributed by atoms with Crippen molar-refractivity contribution in [2.75, 3.05) is 5.32 Å². The summed E-state index contributed by atoms with van der Waals surface area (Å²) in [6, 6.07) is 9.15. The van der Waals surface area contributed by atoms with E-state index in [0.717, 1.165) is 32.8 Å². The van der Waals surface area contributed by atoms with Gasteiger partial charge in [0.15, 0.2) is 0 Å². The average molecular weight is 437 g/mol. The molecule has 1 aromatic carbocycles. The molecule has 2 aliphatic rings. The maximum absolute atomic E-state index is 14.0. The second-order valence-electron chi connectivity index (χ2n) is 9.09. The molecule has 0 unspecified atom stereocenters. The van der Waals surface area contributed by atoms with Gasteiger partial charge in [-0.1, -0.05) is 44.7 Å². The molecule has 5 rings (SSSR count). The molecule has 2 heterocycles. The zero-order valence-electron chi connectivity index (χ0n) is 18.0. The second kappa shape index (κ2) is 9.03. The smallest absolute Gasteiger partial charge is 0.223 e. The first-order valence-electron chi connectivity index (χ1n) is 11.5. The summed E-state index contributed by atoms with van der Waals surface area (Å²) < 4.78 is 14.0. The van der Waals surface area contributed by atoms with Gasteiger partial charge < -0.3 is 5.32 Å². The first-order valence-corrected chi connectivity index (χ1v) is 12.3. The lowest BCUT2D eigenvalue weighted by Crippen LogP contribution is -2.16. The van der Waals surface area contributed by atoms with Crippen LogP contribution in [0.4, 0.5) is 10.3 Å². The molecule has 6 heteroatoms. The van der Waals surface area contributed by atoms with Crippen molar-refractivity contribution in [2.45, 2.75) is 70.3 Å². The highest BCUT2D eigenvalue weighted by atomic mass is 32.1. The topological polar surface area (TPSA) is 50.7 Å². The van der Waals surface area contributed by atoms with Crippen LogP contribution in [-0.4, -0.2) is 21.0 Å². The first kappa shape index (κ1) is 20.6. The monoisotopic (exact) mass is 436 g/mol. The number of thiazole rings is 1. The molecule has 1 N–H and O–H groups in total. The molecule has 0 atom stereocenters. The molecule has 2 saturated carbocycles. The van der Waals surface area contributed by atoms with E-state index in [1.54, 1.807) is 23.5 Å². The normalized spacial score (nSPS) is 22.0. The predicted molar refractivity (Wildman–Crippen MR) is 125 cm³/mol. The van der Waals surface area contributed by atoms with Gasteiger partial charge in [-0.3, -0.25) is 0 Å². The average Bonchev–Trinajstić information content (AvgIpc) is 3.45. The van der Waals surface area contributed by atoms with E-state index in [0.29, 0.717) is 17.9 Å². The van der Waals surface area contributed by atoms with Crippen LogP contribution in [0.3, 0.4) is 0 Å². The molecule has 2 aromatic heterocycles. The molecule has 2 fully saturated rings. The highest BCUT2D eigenvalue weighted by Gasteiger charge is 2.26. The zero-order chi connectivity index (χ0) is 21.2. The van der Waals surface area contributed by atoms with Gasteiger partial charge in [-0.2, -0.15) is 0 Å². The lowest BCUT2D eigenvalue weighted by molar-refractivity contribution is 0.347. The zero-order valence-corrected chi connectivity index (χ0v) is 18.8. The lowest BCUT2D eigenvalue weighted by Gasteiger charge is -2.24. The number of hydrogen-bond acceptors (Lipinski definition) is 5. The van der Waals surface area contributed by atoms with Gasteiger partial charge in [-0.05, 0) is 49.8 Å². The van der Waals surface area contributed by atoms with Crippen LogP contribution in [-0.2, 0) is 0 Å². The third-order valence-electron chi connectivity index (χ3n) is 6.68. The van der Waals surface area contributed by atoms with Gasteiger partial charge >= 0.3 is 0 Å². The second-order valence-corrected chi connectivity index (χ2v) is 10.1. The number of hydrogen-bond donors (Lipinski definition) is 1. The Morgan fingerprint density at radius 1 is 1.00 bits per heavy atom. The van der Waals surface area contributed by atoms with Crippen LogP contribution >= 0.6 is 11.3 Å². The number of halogens is 1. The van der Waals surface area contributed by atoms with Crippen molar-refractivity contribution < 1.29 is 4.39 Å². The Bertz CT molecular complexity index is 1040. The van der Waals surface area contributed by atoms with Crippen LogP contribution in [0.2, 0.25) is 0 Å². The predicted octanol–water partition coefficient (Wildman–Crippen LogP) is 7.05. The van der Waals surface area contributed by atoms with E-state index in [9.17, 15) is 4.39 Å². The van der Waals surface area contributed by atoms with Crippen LogP contribution in [0.15, 0.2) is 36.5 Å². The Kier molecular flexibility index (Phi) is 5.99. The maximum Gasteiger partial charge on any atom is 0.223 e. The minimum Gasteiger partial charge on any atom is -0.351 e. The summed E-state index contributed by atoms with van der Waals surface area (Å²) in [6.07, 6.45) is 11.5. The standard InChI is InChI=1S/C25H29FN4S/c1-16-9-11-17(12-10-16)24-30-22(18-5-4-6-19(26)15-18)23(31-24)21-13-14-27-25(29-21)28-20-7-2-3-8-20/h4-6,13-17,20H,2-3,7-12H2,1H3,(H,27,28,29). The van der Waals surface area contributed by atoms with Gasteiger partial charge in [-0.15, -0.1) is 11.3 Å². The lowest BCUT2D eigenvalue weighted by atomic mass is 9.83. The number of benzene rings is 1. The summed E-state index contributed by atoms with van der Waals surface area (Å²) in [6.45, 7) is 2.33. The molecule has 0 bridgehead atoms. The molecular weight excluding hydrogens is 407 g/mol. The molecule has 0 amide bonds. The Morgan fingerprint density at radius 2 is 1.81 bits per heavy atom. The quantitative estimate of drug-likeness (QED) is 0.465. The molecule has 162 valence electrons. The number of rotatable bonds is 5. The fourth-order valence-corrected chi connectivity index (χ4v) is 6.06. The van der Waals surface area contributed by atoms with Crippen LogP contribution in [0, 0.1) is 11.7 Å². The van der Waals surface area contributed by atoms with Crippen molar-refractivity contribution in [2.24, 2.45) is 5.92 Å². The minimum atomic E-state index is -0.240. The van der Waals surface area contributed by atoms with Gasteiger partial charge in [0.2, 0.25) is 5.95 Å². The SMILES string of the molecule is CC1CCC(c2nc(-c3cccc(F)c3)c(-c3ccnc(NC4CCCC4)n3)s2)CC1. The third-order valence-corrected chi connectivity index (χ3v) is 7.92. The van der Waals surface area contributed by atoms with Crippen molar-refractivity contribution in [3.05, 3.63) is 47.4 Å². The third kappa shape index (κ3) is 4.64. The van der Waals surface area contributed by atoms with Crippen LogP contribution in [0.25, 0.3) is 21.8 Å². The summed E-state index contributed by atoms with van der Waals surface area (Å²) in [4.78, 5) is 15.4. The van der Waals surface area contributed by atoms with E-state index in [1.807, 2.05) is 18.3 Å². The van der Waals surface area contributed by atoms with E-state index in [2.05, 4.69) is 17.2 Å². The number of anilines is 1. The van der Waals surface area contributed by atoms with E-state index in [1.165, 1.54) is 57.4 Å². The van der Waals surface area contributed by atoms with Crippen molar-refractivity contribution in [3.63, 3.8) is 0 Å².